The summed E-state index contributed by atoms with van der Waals surface area (Å²) in [6.45, 7) is 8.14. The summed E-state index contributed by atoms with van der Waals surface area (Å²) < 4.78 is 32.8. The SMILES string of the molecule is CNc1ncc(S(=O)(=O)N2CC(C)(C)OC(C)(C)C2)cn1. The summed E-state index contributed by atoms with van der Waals surface area (Å²) >= 11 is 0. The van der Waals surface area contributed by atoms with Gasteiger partial charge in [0.05, 0.1) is 23.6 Å². The second-order valence-electron chi connectivity index (χ2n) is 6.39. The van der Waals surface area contributed by atoms with Crippen molar-refractivity contribution in [1.82, 2.24) is 14.3 Å². The number of sulfonamides is 1. The fourth-order valence-corrected chi connectivity index (χ4v) is 4.25. The van der Waals surface area contributed by atoms with Crippen molar-refractivity contribution >= 4 is 16.0 Å². The lowest BCUT2D eigenvalue weighted by Gasteiger charge is -2.46. The fraction of sp³-hybridized carbons (Fsp3) is 0.692. The molecule has 1 fully saturated rings. The van der Waals surface area contributed by atoms with Gasteiger partial charge in [0.2, 0.25) is 16.0 Å². The second kappa shape index (κ2) is 5.19. The van der Waals surface area contributed by atoms with E-state index in [4.69, 9.17) is 4.74 Å². The van der Waals surface area contributed by atoms with Gasteiger partial charge in [-0.1, -0.05) is 0 Å². The van der Waals surface area contributed by atoms with Gasteiger partial charge in [0, 0.05) is 20.1 Å². The zero-order chi connectivity index (χ0) is 15.9. The molecule has 2 heterocycles. The Balaban J connectivity index is 2.33. The molecule has 8 heteroatoms. The minimum atomic E-state index is -3.63. The quantitative estimate of drug-likeness (QED) is 0.899. The molecule has 0 atom stereocenters. The molecule has 0 spiro atoms. The third-order valence-electron chi connectivity index (χ3n) is 3.16. The van der Waals surface area contributed by atoms with Gasteiger partial charge in [-0.3, -0.25) is 0 Å². The summed E-state index contributed by atoms with van der Waals surface area (Å²) in [5.74, 6) is 0.386. The molecule has 0 saturated carbocycles. The number of hydrogen-bond acceptors (Lipinski definition) is 6. The van der Waals surface area contributed by atoms with E-state index in [2.05, 4.69) is 15.3 Å². The first-order valence-electron chi connectivity index (χ1n) is 6.76. The molecule has 21 heavy (non-hydrogen) atoms. The summed E-state index contributed by atoms with van der Waals surface area (Å²) in [4.78, 5) is 8.04. The van der Waals surface area contributed by atoms with E-state index in [1.165, 1.54) is 16.7 Å². The van der Waals surface area contributed by atoms with Crippen LogP contribution in [-0.4, -0.2) is 54.0 Å². The predicted octanol–water partition coefficient (Wildman–Crippen LogP) is 1.10. The standard InChI is InChI=1S/C13H22N4O3S/c1-12(2)8-17(9-13(3,4)20-12)21(18,19)10-6-15-11(14-5)16-7-10/h6-7H,8-9H2,1-5H3,(H,14,15,16). The number of rotatable bonds is 3. The first-order chi connectivity index (χ1) is 9.56. The second-order valence-corrected chi connectivity index (χ2v) is 8.32. The van der Waals surface area contributed by atoms with Crippen LogP contribution in [0.5, 0.6) is 0 Å². The summed E-state index contributed by atoms with van der Waals surface area (Å²) in [7, 11) is -1.95. The van der Waals surface area contributed by atoms with E-state index in [-0.39, 0.29) is 4.90 Å². The molecule has 1 aromatic rings. The van der Waals surface area contributed by atoms with E-state index in [1.807, 2.05) is 27.7 Å². The topological polar surface area (TPSA) is 84.4 Å². The van der Waals surface area contributed by atoms with Gasteiger partial charge in [0.15, 0.2) is 0 Å². The number of anilines is 1. The molecule has 0 unspecified atom stereocenters. The molecule has 2 rings (SSSR count). The fourth-order valence-electron chi connectivity index (χ4n) is 2.62. The Kier molecular flexibility index (Phi) is 3.98. The third-order valence-corrected chi connectivity index (χ3v) is 4.90. The average Bonchev–Trinajstić information content (AvgIpc) is 2.35. The van der Waals surface area contributed by atoms with Crippen molar-refractivity contribution in [1.29, 1.82) is 0 Å². The monoisotopic (exact) mass is 314 g/mol. The van der Waals surface area contributed by atoms with Crippen LogP contribution in [-0.2, 0) is 14.8 Å². The molecule has 0 aliphatic carbocycles. The average molecular weight is 314 g/mol. The van der Waals surface area contributed by atoms with Crippen LogP contribution in [0.4, 0.5) is 5.95 Å². The van der Waals surface area contributed by atoms with Crippen molar-refractivity contribution in [3.63, 3.8) is 0 Å². The summed E-state index contributed by atoms with van der Waals surface area (Å²) in [5, 5.41) is 2.76. The Morgan fingerprint density at radius 2 is 1.62 bits per heavy atom. The highest BCUT2D eigenvalue weighted by Crippen LogP contribution is 2.31. The summed E-state index contributed by atoms with van der Waals surface area (Å²) in [6.07, 6.45) is 2.65. The molecule has 118 valence electrons. The summed E-state index contributed by atoms with van der Waals surface area (Å²) in [5.41, 5.74) is -1.08. The van der Waals surface area contributed by atoms with Crippen molar-refractivity contribution in [3.05, 3.63) is 12.4 Å². The minimum Gasteiger partial charge on any atom is -0.367 e. The van der Waals surface area contributed by atoms with Crippen molar-refractivity contribution in [2.45, 2.75) is 43.8 Å². The maximum absolute atomic E-state index is 12.7. The van der Waals surface area contributed by atoms with Crippen LogP contribution in [0.1, 0.15) is 27.7 Å². The van der Waals surface area contributed by atoms with Gasteiger partial charge in [-0.05, 0) is 27.7 Å². The predicted molar refractivity (Wildman–Crippen MR) is 79.6 cm³/mol. The Morgan fingerprint density at radius 1 is 1.14 bits per heavy atom. The Morgan fingerprint density at radius 3 is 2.05 bits per heavy atom. The van der Waals surface area contributed by atoms with Crippen molar-refractivity contribution in [2.75, 3.05) is 25.5 Å². The highest BCUT2D eigenvalue weighted by atomic mass is 32.2. The minimum absolute atomic E-state index is 0.0926. The lowest BCUT2D eigenvalue weighted by atomic mass is 10.0. The smallest absolute Gasteiger partial charge is 0.246 e. The highest BCUT2D eigenvalue weighted by Gasteiger charge is 2.43. The molecule has 1 aromatic heterocycles. The van der Waals surface area contributed by atoms with E-state index in [0.717, 1.165) is 0 Å². The molecule has 0 radical (unpaired) electrons. The maximum atomic E-state index is 12.7. The number of ether oxygens (including phenoxy) is 1. The van der Waals surface area contributed by atoms with Crippen LogP contribution in [0, 0.1) is 0 Å². The van der Waals surface area contributed by atoms with E-state index >= 15 is 0 Å². The molecule has 1 saturated heterocycles. The molecule has 1 aliphatic rings. The molecular formula is C13H22N4O3S. The molecule has 0 aromatic carbocycles. The Bertz CT molecular complexity index is 595. The van der Waals surface area contributed by atoms with Crippen LogP contribution >= 0.6 is 0 Å². The molecule has 0 bridgehead atoms. The van der Waals surface area contributed by atoms with Crippen LogP contribution in [0.3, 0.4) is 0 Å². The van der Waals surface area contributed by atoms with Crippen LogP contribution < -0.4 is 5.32 Å². The van der Waals surface area contributed by atoms with Gasteiger partial charge >= 0.3 is 0 Å². The molecule has 7 nitrogen and oxygen atoms in total. The van der Waals surface area contributed by atoms with Crippen LogP contribution in [0.15, 0.2) is 17.3 Å². The van der Waals surface area contributed by atoms with Gasteiger partial charge in [-0.15, -0.1) is 0 Å². The molecule has 0 amide bonds. The van der Waals surface area contributed by atoms with Gasteiger partial charge in [-0.2, -0.15) is 4.31 Å². The number of morpholine rings is 1. The number of aromatic nitrogens is 2. The molecule has 1 aliphatic heterocycles. The lowest BCUT2D eigenvalue weighted by Crippen LogP contribution is -2.58. The van der Waals surface area contributed by atoms with Gasteiger partial charge < -0.3 is 10.1 Å². The van der Waals surface area contributed by atoms with Crippen LogP contribution in [0.2, 0.25) is 0 Å². The van der Waals surface area contributed by atoms with E-state index in [1.54, 1.807) is 7.05 Å². The van der Waals surface area contributed by atoms with Crippen molar-refractivity contribution in [3.8, 4) is 0 Å². The van der Waals surface area contributed by atoms with E-state index in [0.29, 0.717) is 19.0 Å². The third kappa shape index (κ3) is 3.50. The lowest BCUT2D eigenvalue weighted by molar-refractivity contribution is -0.163. The van der Waals surface area contributed by atoms with Crippen LogP contribution in [0.25, 0.3) is 0 Å². The zero-order valence-corrected chi connectivity index (χ0v) is 13.9. The normalized spacial score (nSPS) is 22.0. The zero-order valence-electron chi connectivity index (χ0n) is 13.0. The number of nitrogens with zero attached hydrogens (tertiary/aromatic N) is 3. The molecule has 1 N–H and O–H groups in total. The number of nitrogens with one attached hydrogen (secondary N) is 1. The van der Waals surface area contributed by atoms with E-state index < -0.39 is 21.2 Å². The van der Waals surface area contributed by atoms with Gasteiger partial charge in [-0.25, -0.2) is 18.4 Å². The maximum Gasteiger partial charge on any atom is 0.246 e. The first-order valence-corrected chi connectivity index (χ1v) is 8.20. The van der Waals surface area contributed by atoms with Crippen molar-refractivity contribution in [2.24, 2.45) is 0 Å². The van der Waals surface area contributed by atoms with Gasteiger partial charge in [0.25, 0.3) is 0 Å². The largest absolute Gasteiger partial charge is 0.367 e. The molecular weight excluding hydrogens is 292 g/mol. The van der Waals surface area contributed by atoms with Crippen molar-refractivity contribution < 1.29 is 13.2 Å². The summed E-state index contributed by atoms with van der Waals surface area (Å²) in [6, 6.07) is 0. The number of hydrogen-bond donors (Lipinski definition) is 1. The van der Waals surface area contributed by atoms with E-state index in [9.17, 15) is 8.42 Å². The van der Waals surface area contributed by atoms with Gasteiger partial charge in [0.1, 0.15) is 4.90 Å². The Hall–Kier alpha value is -1.25. The highest BCUT2D eigenvalue weighted by molar-refractivity contribution is 7.89. The first kappa shape index (κ1) is 16.1. The Labute approximate surface area is 125 Å².